The first-order valence-corrected chi connectivity index (χ1v) is 16.8. The van der Waals surface area contributed by atoms with E-state index in [2.05, 4.69) is 25.3 Å². The predicted molar refractivity (Wildman–Crippen MR) is 180 cm³/mol. The summed E-state index contributed by atoms with van der Waals surface area (Å²) < 4.78 is 60.9. The Hall–Kier alpha value is -4.89. The highest BCUT2D eigenvalue weighted by Crippen LogP contribution is 2.34. The van der Waals surface area contributed by atoms with E-state index in [1.54, 1.807) is 27.8 Å². The number of benzene rings is 3. The first-order chi connectivity index (χ1) is 23.1. The fraction of sp³-hybridized carbons (Fsp3) is 0.125. The number of amides is 1. The van der Waals surface area contributed by atoms with Gasteiger partial charge >= 0.3 is 0 Å². The van der Waals surface area contributed by atoms with Crippen molar-refractivity contribution >= 4 is 78.3 Å². The number of hydrogen-bond donors (Lipinski definition) is 3. The van der Waals surface area contributed by atoms with Crippen molar-refractivity contribution in [1.29, 1.82) is 0 Å². The minimum Gasteiger partial charge on any atom is -0.336 e. The average molecular weight is 710 g/mol. The van der Waals surface area contributed by atoms with Crippen molar-refractivity contribution < 1.29 is 22.0 Å². The van der Waals surface area contributed by atoms with Crippen LogP contribution >= 0.6 is 23.2 Å². The number of rotatable bonds is 7. The van der Waals surface area contributed by atoms with Crippen molar-refractivity contribution in [1.82, 2.24) is 29.7 Å². The summed E-state index contributed by atoms with van der Waals surface area (Å²) in [7, 11) is -4.42. The third kappa shape index (κ3) is 5.76. The zero-order valence-corrected chi connectivity index (χ0v) is 27.0. The number of nitrogens with zero attached hydrogens (tertiary/aromatic N) is 5. The molecule has 3 N–H and O–H groups in total. The molecule has 16 heteroatoms. The number of carbonyl (C=O) groups is 1. The van der Waals surface area contributed by atoms with Gasteiger partial charge in [0.05, 0.1) is 32.3 Å². The highest BCUT2D eigenvalue weighted by molar-refractivity contribution is 7.92. The minimum absolute atomic E-state index is 0.0146. The molecule has 0 unspecified atom stereocenters. The van der Waals surface area contributed by atoms with E-state index in [9.17, 15) is 13.2 Å². The van der Waals surface area contributed by atoms with Gasteiger partial charge in [-0.3, -0.25) is 9.52 Å². The number of pyridine rings is 1. The Balaban J connectivity index is 1.26. The molecule has 1 aliphatic heterocycles. The van der Waals surface area contributed by atoms with Crippen LogP contribution in [-0.2, 0) is 10.0 Å². The lowest BCUT2D eigenvalue weighted by Gasteiger charge is -2.27. The first-order valence-electron chi connectivity index (χ1n) is 14.6. The molecule has 7 rings (SSSR count). The van der Waals surface area contributed by atoms with E-state index in [1.165, 1.54) is 24.5 Å². The lowest BCUT2D eigenvalue weighted by Crippen LogP contribution is -2.46. The first kappa shape index (κ1) is 31.7. The summed E-state index contributed by atoms with van der Waals surface area (Å²) in [6, 6.07) is 16.6. The average Bonchev–Trinajstić information content (AvgIpc) is 3.48. The number of aromatic nitrogens is 4. The molecule has 0 spiro atoms. The van der Waals surface area contributed by atoms with Gasteiger partial charge in [-0.25, -0.2) is 32.2 Å². The maximum Gasteiger partial charge on any atom is 0.263 e. The standard InChI is InChI=1S/C32H24Cl2F2N8O3S/c33-20-5-3-7-25(27(20)34)48(46,47)42-22-9-8-21(35)29(28(22)36)41-31-30-23(38-17-39-31)10-11-26(40-30)44-16-19(18-4-1-2-6-24(18)44)32(45)43-14-12-37-13-15-43/h1-11,16-17,37,42H,12-15H2,(H,38,39,41). The number of fused-ring (bicyclic) bond motifs is 2. The second-order valence-electron chi connectivity index (χ2n) is 10.8. The van der Waals surface area contributed by atoms with E-state index in [4.69, 9.17) is 28.2 Å². The lowest BCUT2D eigenvalue weighted by molar-refractivity contribution is 0.0737. The molecule has 0 aliphatic carbocycles. The van der Waals surface area contributed by atoms with E-state index in [1.807, 2.05) is 24.3 Å². The van der Waals surface area contributed by atoms with Crippen LogP contribution in [0.2, 0.25) is 10.0 Å². The summed E-state index contributed by atoms with van der Waals surface area (Å²) >= 11 is 12.1. The van der Waals surface area contributed by atoms with Crippen LogP contribution in [0.3, 0.4) is 0 Å². The molecule has 3 aromatic heterocycles. The largest absolute Gasteiger partial charge is 0.336 e. The SMILES string of the molecule is O=C(c1cn(-c2ccc3ncnc(Nc4c(F)ccc(NS(=O)(=O)c5cccc(Cl)c5Cl)c4F)c3n2)c2ccccc12)N1CCNCC1. The van der Waals surface area contributed by atoms with Crippen LogP contribution in [-0.4, -0.2) is 64.9 Å². The number of nitrogens with one attached hydrogen (secondary N) is 3. The van der Waals surface area contributed by atoms with Crippen molar-refractivity contribution in [2.75, 3.05) is 36.2 Å². The zero-order valence-electron chi connectivity index (χ0n) is 24.7. The van der Waals surface area contributed by atoms with Gasteiger partial charge in [-0.2, -0.15) is 0 Å². The number of carbonyl (C=O) groups excluding carboxylic acids is 1. The smallest absolute Gasteiger partial charge is 0.263 e. The number of anilines is 3. The third-order valence-corrected chi connectivity index (χ3v) is 10.2. The predicted octanol–water partition coefficient (Wildman–Crippen LogP) is 6.14. The van der Waals surface area contributed by atoms with Crippen LogP contribution < -0.4 is 15.4 Å². The molecule has 6 aromatic rings. The Bertz CT molecular complexity index is 2350. The summed E-state index contributed by atoms with van der Waals surface area (Å²) in [5, 5.41) is 6.35. The van der Waals surface area contributed by atoms with E-state index < -0.39 is 33.0 Å². The van der Waals surface area contributed by atoms with Crippen LogP contribution in [0.5, 0.6) is 0 Å². The van der Waals surface area contributed by atoms with Crippen LogP contribution in [0.15, 0.2) is 84.1 Å². The number of para-hydroxylation sites is 1. The second-order valence-corrected chi connectivity index (χ2v) is 13.2. The van der Waals surface area contributed by atoms with E-state index in [-0.39, 0.29) is 32.2 Å². The Morgan fingerprint density at radius 3 is 2.54 bits per heavy atom. The van der Waals surface area contributed by atoms with Crippen molar-refractivity contribution in [2.24, 2.45) is 0 Å². The van der Waals surface area contributed by atoms with E-state index in [0.29, 0.717) is 43.1 Å². The van der Waals surface area contributed by atoms with Crippen molar-refractivity contribution in [2.45, 2.75) is 4.90 Å². The van der Waals surface area contributed by atoms with E-state index in [0.717, 1.165) is 23.0 Å². The Morgan fingerprint density at radius 1 is 0.938 bits per heavy atom. The topological polar surface area (TPSA) is 134 Å². The van der Waals surface area contributed by atoms with Crippen molar-refractivity contribution in [3.8, 4) is 5.82 Å². The molecular formula is C32H24Cl2F2N8O3S. The maximum absolute atomic E-state index is 15.8. The molecule has 0 bridgehead atoms. The molecule has 0 atom stereocenters. The quantitative estimate of drug-likeness (QED) is 0.180. The molecule has 0 radical (unpaired) electrons. The van der Waals surface area contributed by atoms with Gasteiger partial charge in [0.1, 0.15) is 34.1 Å². The van der Waals surface area contributed by atoms with Gasteiger partial charge in [-0.15, -0.1) is 0 Å². The van der Waals surface area contributed by atoms with Gasteiger partial charge in [-0.05, 0) is 42.5 Å². The fourth-order valence-electron chi connectivity index (χ4n) is 5.49. The Labute approximate surface area is 282 Å². The Kier molecular flexibility index (Phi) is 8.33. The van der Waals surface area contributed by atoms with Crippen LogP contribution in [0.25, 0.3) is 27.8 Å². The van der Waals surface area contributed by atoms with Crippen LogP contribution in [0.4, 0.5) is 26.0 Å². The summed E-state index contributed by atoms with van der Waals surface area (Å²) in [4.78, 5) is 28.1. The second kappa shape index (κ2) is 12.6. The molecular weight excluding hydrogens is 685 g/mol. The summed E-state index contributed by atoms with van der Waals surface area (Å²) in [5.41, 5.74) is 0.527. The third-order valence-electron chi connectivity index (χ3n) is 7.85. The highest BCUT2D eigenvalue weighted by Gasteiger charge is 2.25. The molecule has 244 valence electrons. The highest BCUT2D eigenvalue weighted by atomic mass is 35.5. The lowest BCUT2D eigenvalue weighted by atomic mass is 10.1. The molecule has 1 fully saturated rings. The van der Waals surface area contributed by atoms with Gasteiger partial charge in [0, 0.05) is 37.8 Å². The molecule has 1 amide bonds. The molecule has 0 saturated carbocycles. The molecule has 1 saturated heterocycles. The van der Waals surface area contributed by atoms with E-state index >= 15 is 8.78 Å². The Morgan fingerprint density at radius 2 is 1.73 bits per heavy atom. The maximum atomic E-state index is 15.8. The van der Waals surface area contributed by atoms with Gasteiger partial charge in [0.2, 0.25) is 0 Å². The molecule has 48 heavy (non-hydrogen) atoms. The number of hydrogen-bond acceptors (Lipinski definition) is 8. The summed E-state index contributed by atoms with van der Waals surface area (Å²) in [6.45, 7) is 2.59. The van der Waals surface area contributed by atoms with Gasteiger partial charge in [-0.1, -0.05) is 47.5 Å². The normalized spacial score (nSPS) is 13.6. The summed E-state index contributed by atoms with van der Waals surface area (Å²) in [5.74, 6) is -2.02. The van der Waals surface area contributed by atoms with Crippen molar-refractivity contribution in [3.63, 3.8) is 0 Å². The number of piperazine rings is 1. The zero-order chi connectivity index (χ0) is 33.6. The molecule has 11 nitrogen and oxygen atoms in total. The minimum atomic E-state index is -4.42. The number of halogens is 4. The molecule has 4 heterocycles. The molecule has 1 aliphatic rings. The van der Waals surface area contributed by atoms with Crippen LogP contribution in [0.1, 0.15) is 10.4 Å². The van der Waals surface area contributed by atoms with Crippen molar-refractivity contribution in [3.05, 3.63) is 106 Å². The monoisotopic (exact) mass is 708 g/mol. The van der Waals surface area contributed by atoms with Crippen LogP contribution in [0, 0.1) is 11.6 Å². The van der Waals surface area contributed by atoms with Gasteiger partial charge in [0.25, 0.3) is 15.9 Å². The van der Waals surface area contributed by atoms with Gasteiger partial charge in [0.15, 0.2) is 11.6 Å². The number of sulfonamides is 1. The fourth-order valence-corrected chi connectivity index (χ4v) is 7.31. The summed E-state index contributed by atoms with van der Waals surface area (Å²) in [6.07, 6.45) is 2.92. The molecule has 3 aromatic carbocycles. The van der Waals surface area contributed by atoms with Gasteiger partial charge < -0.3 is 20.1 Å².